The number of piperidine rings is 1. The lowest BCUT2D eigenvalue weighted by Gasteiger charge is -2.42. The largest absolute Gasteiger partial charge is 0.418 e. The molecule has 154 valence electrons. The highest BCUT2D eigenvalue weighted by Crippen LogP contribution is 2.41. The Morgan fingerprint density at radius 2 is 2.07 bits per heavy atom. The third-order valence-corrected chi connectivity index (χ3v) is 4.78. The molecule has 0 saturated carbocycles. The van der Waals surface area contributed by atoms with E-state index in [1.807, 2.05) is 0 Å². The fourth-order valence-electron chi connectivity index (χ4n) is 3.35. The second-order valence-corrected chi connectivity index (χ2v) is 7.03. The number of hydrogen-bond donors (Lipinski definition) is 3. The summed E-state index contributed by atoms with van der Waals surface area (Å²) in [6.45, 7) is 0.158. The maximum absolute atomic E-state index is 13.3. The minimum Gasteiger partial charge on any atom is -0.380 e. The van der Waals surface area contributed by atoms with Crippen molar-refractivity contribution in [2.24, 2.45) is 0 Å². The molecule has 3 N–H and O–H groups in total. The van der Waals surface area contributed by atoms with Crippen LogP contribution in [0.15, 0.2) is 12.4 Å². The molecule has 2 bridgehead atoms. The number of hydrazine groups is 1. The number of urea groups is 1. The molecular weight excluding hydrogens is 402 g/mol. The van der Waals surface area contributed by atoms with Gasteiger partial charge < -0.3 is 5.11 Å². The van der Waals surface area contributed by atoms with Gasteiger partial charge in [0.1, 0.15) is 6.73 Å². The van der Waals surface area contributed by atoms with Crippen molar-refractivity contribution in [3.63, 3.8) is 0 Å². The van der Waals surface area contributed by atoms with Crippen molar-refractivity contribution in [2.45, 2.75) is 31.5 Å². The molecule has 15 nitrogen and oxygen atoms in total. The van der Waals surface area contributed by atoms with Gasteiger partial charge in [-0.25, -0.2) is 9.80 Å². The summed E-state index contributed by atoms with van der Waals surface area (Å²) in [5, 5.41) is 17.9. The van der Waals surface area contributed by atoms with Crippen molar-refractivity contribution in [3.05, 3.63) is 12.4 Å². The van der Waals surface area contributed by atoms with Gasteiger partial charge in [0.15, 0.2) is 0 Å². The average Bonchev–Trinajstić information content (AvgIpc) is 3.23. The Hall–Kier alpha value is -2.66. The molecule has 0 aromatic carbocycles. The lowest BCUT2D eigenvalue weighted by Crippen LogP contribution is -2.66. The number of fused-ring (bicyclic) bond motifs is 2. The Labute approximate surface area is 158 Å². The van der Waals surface area contributed by atoms with Gasteiger partial charge in [-0.15, -0.1) is 9.08 Å². The number of aromatic nitrogens is 3. The van der Waals surface area contributed by atoms with E-state index in [2.05, 4.69) is 19.9 Å². The van der Waals surface area contributed by atoms with E-state index in [1.165, 1.54) is 12.4 Å². The minimum atomic E-state index is -4.98. The molecule has 4 amide bonds. The third-order valence-electron chi connectivity index (χ3n) is 4.43. The van der Waals surface area contributed by atoms with Gasteiger partial charge in [0.2, 0.25) is 11.6 Å². The molecule has 2 aliphatic heterocycles. The topological polar surface area (TPSA) is 188 Å². The monoisotopic (exact) mass is 419 g/mol. The molecule has 2 fully saturated rings. The van der Waals surface area contributed by atoms with Gasteiger partial charge in [-0.3, -0.25) is 19.0 Å². The number of nitrogens with zero attached hydrogens (tertiary/aromatic N) is 6. The van der Waals surface area contributed by atoms with Crippen LogP contribution in [-0.2, 0) is 29.9 Å². The Morgan fingerprint density at radius 3 is 2.61 bits per heavy atom. The summed E-state index contributed by atoms with van der Waals surface area (Å²) in [5.74, 6) is -1.74. The third kappa shape index (κ3) is 3.20. The summed E-state index contributed by atoms with van der Waals surface area (Å²) in [4.78, 5) is 39.8. The highest BCUT2D eigenvalue weighted by atomic mass is 32.3. The molecule has 2 aliphatic rings. The summed E-state index contributed by atoms with van der Waals surface area (Å²) in [6, 6.07) is -1.82. The van der Waals surface area contributed by atoms with E-state index in [9.17, 15) is 22.8 Å². The zero-order chi connectivity index (χ0) is 20.7. The van der Waals surface area contributed by atoms with Gasteiger partial charge in [0.05, 0.1) is 18.4 Å². The molecule has 2 saturated heterocycles. The summed E-state index contributed by atoms with van der Waals surface area (Å²) < 4.78 is 35.4. The van der Waals surface area contributed by atoms with Crippen molar-refractivity contribution in [1.29, 1.82) is 0 Å². The molecule has 0 aliphatic carbocycles. The zero-order valence-electron chi connectivity index (χ0n) is 14.5. The first-order valence-electron chi connectivity index (χ1n) is 7.96. The first-order chi connectivity index (χ1) is 13.1. The predicted molar refractivity (Wildman–Crippen MR) is 85.3 cm³/mol. The van der Waals surface area contributed by atoms with Crippen molar-refractivity contribution >= 4 is 28.2 Å². The fourth-order valence-corrected chi connectivity index (χ4v) is 3.74. The van der Waals surface area contributed by atoms with E-state index in [4.69, 9.17) is 9.66 Å². The van der Waals surface area contributed by atoms with Crippen molar-refractivity contribution in [1.82, 2.24) is 35.4 Å². The maximum atomic E-state index is 13.3. The number of rotatable bonds is 6. The highest BCUT2D eigenvalue weighted by Gasteiger charge is 2.62. The van der Waals surface area contributed by atoms with Crippen LogP contribution in [-0.4, -0.2) is 85.2 Å². The number of hydrogen-bond acceptors (Lipinski definition) is 10. The van der Waals surface area contributed by atoms with Gasteiger partial charge in [0.25, 0.3) is 5.91 Å². The SMILES string of the molecule is CC(=O)N(NCO)C(=O)C1(n2nccn2)CCC2CN1C(=O)N2OS(=O)(=O)O. The standard InChI is InChI=1S/C12H17N7O8S/c1-8(21)17(15-7-20)10(22)12(19-13-4-5-14-19)3-2-9-6-16(12)11(23)18(9)27-28(24,25)26/h4-5,9,15,20H,2-3,6-7H2,1H3,(H,24,25,26). The summed E-state index contributed by atoms with van der Waals surface area (Å²) >= 11 is 0. The van der Waals surface area contributed by atoms with E-state index in [0.29, 0.717) is 10.1 Å². The van der Waals surface area contributed by atoms with Crippen molar-refractivity contribution in [3.8, 4) is 0 Å². The first kappa shape index (κ1) is 20.1. The number of imide groups is 1. The summed E-state index contributed by atoms with van der Waals surface area (Å²) in [6.07, 6.45) is 2.48. The van der Waals surface area contributed by atoms with Gasteiger partial charge >= 0.3 is 16.4 Å². The van der Waals surface area contributed by atoms with Crippen LogP contribution in [0.2, 0.25) is 0 Å². The van der Waals surface area contributed by atoms with E-state index >= 15 is 0 Å². The van der Waals surface area contributed by atoms with Crippen LogP contribution in [0.3, 0.4) is 0 Å². The predicted octanol–water partition coefficient (Wildman–Crippen LogP) is -2.61. The Bertz CT molecular complexity index is 890. The molecular formula is C12H17N7O8S. The molecule has 0 spiro atoms. The Kier molecular flexibility index (Phi) is 5.06. The van der Waals surface area contributed by atoms with Gasteiger partial charge in [-0.2, -0.15) is 29.1 Å². The Morgan fingerprint density at radius 1 is 1.43 bits per heavy atom. The lowest BCUT2D eigenvalue weighted by atomic mass is 9.93. The number of hydroxylamine groups is 2. The van der Waals surface area contributed by atoms with E-state index in [0.717, 1.165) is 16.6 Å². The molecule has 3 rings (SSSR count). The minimum absolute atomic E-state index is 0.0654. The fraction of sp³-hybridized carbons (Fsp3) is 0.583. The lowest BCUT2D eigenvalue weighted by molar-refractivity contribution is -0.165. The molecule has 2 atom stereocenters. The van der Waals surface area contributed by atoms with Crippen LogP contribution >= 0.6 is 0 Å². The van der Waals surface area contributed by atoms with E-state index < -0.39 is 46.7 Å². The van der Waals surface area contributed by atoms with Crippen LogP contribution in [0.4, 0.5) is 4.79 Å². The summed E-state index contributed by atoms with van der Waals surface area (Å²) in [5.41, 5.74) is 0.262. The van der Waals surface area contributed by atoms with Gasteiger partial charge in [-0.1, -0.05) is 0 Å². The van der Waals surface area contributed by atoms with Crippen molar-refractivity contribution < 1.29 is 36.7 Å². The molecule has 1 aromatic rings. The molecule has 16 heteroatoms. The van der Waals surface area contributed by atoms with E-state index in [-0.39, 0.29) is 19.4 Å². The van der Waals surface area contributed by atoms with Crippen LogP contribution in [0.5, 0.6) is 0 Å². The van der Waals surface area contributed by atoms with Crippen molar-refractivity contribution in [2.75, 3.05) is 13.3 Å². The highest BCUT2D eigenvalue weighted by molar-refractivity contribution is 7.80. The number of aliphatic hydroxyl groups excluding tert-OH is 1. The quantitative estimate of drug-likeness (QED) is 0.249. The molecule has 2 unspecified atom stereocenters. The molecule has 1 aromatic heterocycles. The number of aliphatic hydroxyl groups is 1. The summed E-state index contributed by atoms with van der Waals surface area (Å²) in [7, 11) is -4.98. The number of nitrogens with one attached hydrogen (secondary N) is 1. The second kappa shape index (κ2) is 7.06. The van der Waals surface area contributed by atoms with E-state index in [1.54, 1.807) is 0 Å². The van der Waals surface area contributed by atoms with Crippen LogP contribution in [0, 0.1) is 0 Å². The Balaban J connectivity index is 2.07. The smallest absolute Gasteiger partial charge is 0.380 e. The number of carbonyl (C=O) groups is 3. The maximum Gasteiger partial charge on any atom is 0.418 e. The normalized spacial score (nSPS) is 24.5. The molecule has 3 heterocycles. The number of amides is 4. The zero-order valence-corrected chi connectivity index (χ0v) is 15.3. The van der Waals surface area contributed by atoms with Gasteiger partial charge in [0, 0.05) is 19.9 Å². The van der Waals surface area contributed by atoms with Gasteiger partial charge in [-0.05, 0) is 6.42 Å². The first-order valence-corrected chi connectivity index (χ1v) is 9.32. The number of carbonyl (C=O) groups excluding carboxylic acids is 3. The second-order valence-electron chi connectivity index (χ2n) is 6.02. The van der Waals surface area contributed by atoms with Crippen LogP contribution in [0.1, 0.15) is 19.8 Å². The van der Waals surface area contributed by atoms with Crippen LogP contribution < -0.4 is 5.43 Å². The molecule has 28 heavy (non-hydrogen) atoms. The van der Waals surface area contributed by atoms with Crippen LogP contribution in [0.25, 0.3) is 0 Å². The molecule has 0 radical (unpaired) electrons. The average molecular weight is 419 g/mol.